The van der Waals surface area contributed by atoms with Gasteiger partial charge in [0.25, 0.3) is 0 Å². The van der Waals surface area contributed by atoms with Crippen molar-refractivity contribution in [1.82, 2.24) is 19.5 Å². The Bertz CT molecular complexity index is 638. The molecule has 3 N–H and O–H groups in total. The second kappa shape index (κ2) is 5.48. The summed E-state index contributed by atoms with van der Waals surface area (Å²) in [6, 6.07) is 0. The van der Waals surface area contributed by atoms with E-state index in [1.165, 1.54) is 0 Å². The molecule has 2 atom stereocenters. The largest absolute Gasteiger partial charge is 0.371 e. The van der Waals surface area contributed by atoms with Crippen molar-refractivity contribution in [3.63, 3.8) is 0 Å². The van der Waals surface area contributed by atoms with Gasteiger partial charge in [0.1, 0.15) is 6.23 Å². The van der Waals surface area contributed by atoms with Crippen LogP contribution in [0.15, 0.2) is 6.33 Å². The average Bonchev–Trinajstić information content (AvgIpc) is 3.03. The third-order valence-electron chi connectivity index (χ3n) is 3.81. The topological polar surface area (TPSA) is 90.9 Å². The van der Waals surface area contributed by atoms with Crippen molar-refractivity contribution in [3.05, 3.63) is 6.33 Å². The Balaban J connectivity index is 1.90. The van der Waals surface area contributed by atoms with Crippen molar-refractivity contribution < 1.29 is 4.74 Å². The van der Waals surface area contributed by atoms with Gasteiger partial charge in [-0.15, -0.1) is 0 Å². The number of aromatic nitrogens is 4. The summed E-state index contributed by atoms with van der Waals surface area (Å²) in [4.78, 5) is 12.9. The van der Waals surface area contributed by atoms with E-state index in [9.17, 15) is 0 Å². The van der Waals surface area contributed by atoms with E-state index in [0.717, 1.165) is 30.4 Å². The first-order valence-electron chi connectivity index (χ1n) is 7.41. The third-order valence-corrected chi connectivity index (χ3v) is 3.81. The molecule has 1 aliphatic rings. The predicted octanol–water partition coefficient (Wildman–Crippen LogP) is 2.17. The van der Waals surface area contributed by atoms with Crippen LogP contribution in [0.25, 0.3) is 11.2 Å². The van der Waals surface area contributed by atoms with E-state index in [0.29, 0.717) is 17.8 Å². The SMILES string of the molecule is CNc1nc(N)nc2c1ncn2C1CC[C@@H](CC(C)C)O1. The summed E-state index contributed by atoms with van der Waals surface area (Å²) < 4.78 is 8.11. The van der Waals surface area contributed by atoms with Crippen molar-refractivity contribution in [3.8, 4) is 0 Å². The van der Waals surface area contributed by atoms with E-state index in [1.54, 1.807) is 13.4 Å². The van der Waals surface area contributed by atoms with Gasteiger partial charge in [-0.3, -0.25) is 4.57 Å². The van der Waals surface area contributed by atoms with Crippen molar-refractivity contribution in [2.75, 3.05) is 18.1 Å². The maximum absolute atomic E-state index is 6.14. The number of rotatable bonds is 4. The van der Waals surface area contributed by atoms with Gasteiger partial charge in [0.2, 0.25) is 5.95 Å². The summed E-state index contributed by atoms with van der Waals surface area (Å²) in [5, 5.41) is 3.00. The third kappa shape index (κ3) is 2.65. The van der Waals surface area contributed by atoms with Gasteiger partial charge in [0.05, 0.1) is 12.4 Å². The first-order chi connectivity index (χ1) is 10.1. The standard InChI is InChI=1S/C14H22N6O/c1-8(2)6-9-4-5-10(21-9)20-7-17-11-12(16-3)18-14(15)19-13(11)20/h7-10H,4-6H2,1-3H3,(H3,15,16,18,19)/t9-,10?/m0/s1. The molecule has 2 aromatic rings. The monoisotopic (exact) mass is 290 g/mol. The summed E-state index contributed by atoms with van der Waals surface area (Å²) in [5.74, 6) is 1.53. The normalized spacial score (nSPS) is 22.3. The highest BCUT2D eigenvalue weighted by Crippen LogP contribution is 2.33. The molecule has 0 aliphatic carbocycles. The molecule has 0 saturated carbocycles. The van der Waals surface area contributed by atoms with Gasteiger partial charge < -0.3 is 15.8 Å². The summed E-state index contributed by atoms with van der Waals surface area (Å²) in [6.45, 7) is 4.44. The summed E-state index contributed by atoms with van der Waals surface area (Å²) in [5.41, 5.74) is 7.22. The molecule has 0 aromatic carbocycles. The zero-order valence-electron chi connectivity index (χ0n) is 12.7. The van der Waals surface area contributed by atoms with E-state index in [2.05, 4.69) is 34.1 Å². The molecule has 1 saturated heterocycles. The van der Waals surface area contributed by atoms with E-state index in [4.69, 9.17) is 10.5 Å². The second-order valence-corrected chi connectivity index (χ2v) is 5.92. The van der Waals surface area contributed by atoms with Gasteiger partial charge in [0, 0.05) is 7.05 Å². The van der Waals surface area contributed by atoms with Crippen LogP contribution in [0.5, 0.6) is 0 Å². The van der Waals surface area contributed by atoms with Crippen LogP contribution in [0.1, 0.15) is 39.3 Å². The molecule has 3 rings (SSSR count). The highest BCUT2D eigenvalue weighted by molar-refractivity contribution is 5.84. The van der Waals surface area contributed by atoms with Gasteiger partial charge in [-0.2, -0.15) is 9.97 Å². The summed E-state index contributed by atoms with van der Waals surface area (Å²) in [7, 11) is 1.80. The molecule has 1 aliphatic heterocycles. The van der Waals surface area contributed by atoms with Crippen LogP contribution in [0.4, 0.5) is 11.8 Å². The van der Waals surface area contributed by atoms with Crippen LogP contribution < -0.4 is 11.1 Å². The van der Waals surface area contributed by atoms with Crippen molar-refractivity contribution in [2.24, 2.45) is 5.92 Å². The minimum atomic E-state index is -0.0160. The van der Waals surface area contributed by atoms with Gasteiger partial charge >= 0.3 is 0 Å². The molecule has 7 nitrogen and oxygen atoms in total. The van der Waals surface area contributed by atoms with Gasteiger partial charge in [-0.1, -0.05) is 13.8 Å². The van der Waals surface area contributed by atoms with E-state index in [1.807, 2.05) is 4.57 Å². The highest BCUT2D eigenvalue weighted by Gasteiger charge is 2.28. The van der Waals surface area contributed by atoms with Gasteiger partial charge in [0.15, 0.2) is 17.0 Å². The fraction of sp³-hybridized carbons (Fsp3) is 0.643. The molecule has 7 heteroatoms. The number of hydrogen-bond donors (Lipinski definition) is 2. The number of fused-ring (bicyclic) bond motifs is 1. The Labute approximate surface area is 123 Å². The molecule has 2 aromatic heterocycles. The van der Waals surface area contributed by atoms with Gasteiger partial charge in [-0.25, -0.2) is 4.98 Å². The van der Waals surface area contributed by atoms with Crippen LogP contribution >= 0.6 is 0 Å². The Hall–Kier alpha value is -1.89. The van der Waals surface area contributed by atoms with Crippen molar-refractivity contribution in [1.29, 1.82) is 0 Å². The first kappa shape index (κ1) is 14.1. The molecule has 1 fully saturated rings. The molecule has 0 bridgehead atoms. The Morgan fingerprint density at radius 1 is 1.43 bits per heavy atom. The number of nitrogens with zero attached hydrogens (tertiary/aromatic N) is 4. The molecule has 3 heterocycles. The fourth-order valence-electron chi connectivity index (χ4n) is 2.91. The fourth-order valence-corrected chi connectivity index (χ4v) is 2.91. The quantitative estimate of drug-likeness (QED) is 0.896. The van der Waals surface area contributed by atoms with Crippen LogP contribution in [0, 0.1) is 5.92 Å². The molecule has 0 amide bonds. The maximum Gasteiger partial charge on any atom is 0.224 e. The predicted molar refractivity (Wildman–Crippen MR) is 81.9 cm³/mol. The molecular weight excluding hydrogens is 268 g/mol. The molecular formula is C14H22N6O. The number of nitrogen functional groups attached to an aromatic ring is 1. The Morgan fingerprint density at radius 2 is 2.24 bits per heavy atom. The second-order valence-electron chi connectivity index (χ2n) is 5.92. The minimum absolute atomic E-state index is 0.0160. The first-order valence-corrected chi connectivity index (χ1v) is 7.41. The molecule has 1 unspecified atom stereocenters. The van der Waals surface area contributed by atoms with E-state index < -0.39 is 0 Å². The van der Waals surface area contributed by atoms with Crippen LogP contribution in [0.3, 0.4) is 0 Å². The molecule has 21 heavy (non-hydrogen) atoms. The smallest absolute Gasteiger partial charge is 0.224 e. The lowest BCUT2D eigenvalue weighted by atomic mass is 10.0. The summed E-state index contributed by atoms with van der Waals surface area (Å²) >= 11 is 0. The van der Waals surface area contributed by atoms with Crippen LogP contribution in [-0.2, 0) is 4.74 Å². The number of nitrogens with one attached hydrogen (secondary N) is 1. The van der Waals surface area contributed by atoms with Crippen molar-refractivity contribution in [2.45, 2.75) is 45.4 Å². The summed E-state index contributed by atoms with van der Waals surface area (Å²) in [6.07, 6.45) is 5.20. The van der Waals surface area contributed by atoms with Crippen molar-refractivity contribution >= 4 is 22.9 Å². The number of ether oxygens (including phenoxy) is 1. The lowest BCUT2D eigenvalue weighted by molar-refractivity contribution is -0.00442. The number of imidazole rings is 1. The van der Waals surface area contributed by atoms with Crippen LogP contribution in [0.2, 0.25) is 0 Å². The zero-order chi connectivity index (χ0) is 15.0. The van der Waals surface area contributed by atoms with E-state index in [-0.39, 0.29) is 12.2 Å². The van der Waals surface area contributed by atoms with Crippen LogP contribution in [-0.4, -0.2) is 32.7 Å². The average molecular weight is 290 g/mol. The number of hydrogen-bond acceptors (Lipinski definition) is 6. The molecule has 114 valence electrons. The minimum Gasteiger partial charge on any atom is -0.371 e. The Kier molecular flexibility index (Phi) is 3.67. The molecule has 0 spiro atoms. The van der Waals surface area contributed by atoms with Gasteiger partial charge in [-0.05, 0) is 25.2 Å². The highest BCUT2D eigenvalue weighted by atomic mass is 16.5. The number of nitrogens with two attached hydrogens (primary N) is 1. The van der Waals surface area contributed by atoms with E-state index >= 15 is 0 Å². The number of anilines is 2. The lowest BCUT2D eigenvalue weighted by Crippen LogP contribution is -2.13. The Morgan fingerprint density at radius 3 is 2.95 bits per heavy atom. The zero-order valence-corrected chi connectivity index (χ0v) is 12.7. The molecule has 0 radical (unpaired) electrons. The lowest BCUT2D eigenvalue weighted by Gasteiger charge is -2.16. The maximum atomic E-state index is 6.14.